The highest BCUT2D eigenvalue weighted by atomic mass is 16.6. The van der Waals surface area contributed by atoms with Crippen molar-refractivity contribution in [2.45, 2.75) is 79.7 Å². The van der Waals surface area contributed by atoms with Gasteiger partial charge in [-0.25, -0.2) is 4.79 Å². The molecule has 0 unspecified atom stereocenters. The van der Waals surface area contributed by atoms with Crippen molar-refractivity contribution in [3.05, 3.63) is 69.3 Å². The largest absolute Gasteiger partial charge is 0.464 e. The molecule has 2 aromatic rings. The number of carbonyl (C=O) groups excluding carboxylic acids is 2. The van der Waals surface area contributed by atoms with Crippen molar-refractivity contribution in [2.75, 3.05) is 6.61 Å². The first-order valence-electron chi connectivity index (χ1n) is 11.3. The number of ether oxygens (including phenoxy) is 2. The van der Waals surface area contributed by atoms with Gasteiger partial charge >= 0.3 is 5.97 Å². The third kappa shape index (κ3) is 5.04. The molecule has 1 aliphatic heterocycles. The van der Waals surface area contributed by atoms with E-state index < -0.39 is 11.7 Å². The second-order valence-electron chi connectivity index (χ2n) is 9.52. The van der Waals surface area contributed by atoms with Crippen LogP contribution in [0.2, 0.25) is 0 Å². The van der Waals surface area contributed by atoms with Crippen LogP contribution in [0.4, 0.5) is 0 Å². The summed E-state index contributed by atoms with van der Waals surface area (Å²) in [7, 11) is 0. The van der Waals surface area contributed by atoms with Crippen LogP contribution in [0, 0.1) is 20.8 Å². The topological polar surface area (TPSA) is 55.8 Å². The molecule has 2 aromatic carbocycles. The average Bonchev–Trinajstić information content (AvgIpc) is 2.72. The summed E-state index contributed by atoms with van der Waals surface area (Å²) < 4.78 is 11.6. The summed E-state index contributed by atoms with van der Waals surface area (Å²) in [6, 6.07) is 10.1. The Balaban J connectivity index is 2.04. The second-order valence-corrected chi connectivity index (χ2v) is 9.52. The van der Waals surface area contributed by atoms with Crippen LogP contribution in [0.15, 0.2) is 30.3 Å². The molecule has 0 spiro atoms. The Hall–Kier alpha value is -2.66. The highest BCUT2D eigenvalue weighted by molar-refractivity contribution is 5.83. The van der Waals surface area contributed by atoms with Crippen molar-refractivity contribution in [3.8, 4) is 0 Å². The van der Waals surface area contributed by atoms with Gasteiger partial charge in [0.05, 0.1) is 18.6 Å². The zero-order valence-electron chi connectivity index (χ0n) is 20.4. The van der Waals surface area contributed by atoms with Crippen LogP contribution in [0.5, 0.6) is 0 Å². The molecule has 1 amide bonds. The fourth-order valence-electron chi connectivity index (χ4n) is 4.46. The number of nitrogens with zero attached hydrogens (tertiary/aromatic N) is 1. The van der Waals surface area contributed by atoms with Gasteiger partial charge in [-0.15, -0.1) is 0 Å². The maximum Gasteiger partial charge on any atom is 0.339 e. The summed E-state index contributed by atoms with van der Waals surface area (Å²) in [5.41, 5.74) is 6.71. The number of hydrogen-bond donors (Lipinski definition) is 0. The summed E-state index contributed by atoms with van der Waals surface area (Å²) in [5, 5.41) is 0. The fraction of sp³-hybridized carbons (Fsp3) is 0.481. The molecule has 1 aliphatic rings. The number of amides is 1. The van der Waals surface area contributed by atoms with Gasteiger partial charge in [-0.3, -0.25) is 4.79 Å². The molecule has 0 saturated carbocycles. The first-order chi connectivity index (χ1) is 15.0. The molecule has 0 fully saturated rings. The number of esters is 1. The van der Waals surface area contributed by atoms with Crippen molar-refractivity contribution in [2.24, 2.45) is 0 Å². The number of hydrogen-bond acceptors (Lipinski definition) is 4. The minimum absolute atomic E-state index is 0.100. The second kappa shape index (κ2) is 9.45. The van der Waals surface area contributed by atoms with E-state index >= 15 is 0 Å². The van der Waals surface area contributed by atoms with Crippen molar-refractivity contribution < 1.29 is 19.1 Å². The molecule has 3 rings (SSSR count). The molecule has 0 aromatic heterocycles. The quantitative estimate of drug-likeness (QED) is 0.589. The average molecular weight is 438 g/mol. The standard InChI is InChI=1S/C27H35NO4/c1-8-31-26(30)25(32-27(5,6)7)24-18(3)17(2)22-16-28(15-20-12-10-9-11-13-20)23(29)14-21(22)19(24)4/h9-13,25H,8,14-16H2,1-7H3/t25-/m0/s1. The van der Waals surface area contributed by atoms with Gasteiger partial charge in [0, 0.05) is 13.1 Å². The van der Waals surface area contributed by atoms with Crippen LogP contribution >= 0.6 is 0 Å². The lowest BCUT2D eigenvalue weighted by molar-refractivity contribution is -0.167. The molecule has 1 heterocycles. The smallest absolute Gasteiger partial charge is 0.339 e. The maximum atomic E-state index is 13.1. The van der Waals surface area contributed by atoms with Gasteiger partial charge in [0.2, 0.25) is 5.91 Å². The lowest BCUT2D eigenvalue weighted by Gasteiger charge is -2.35. The summed E-state index contributed by atoms with van der Waals surface area (Å²) in [6.45, 7) is 15.2. The molecular formula is C27H35NO4. The first kappa shape index (κ1) is 24.0. The number of fused-ring (bicyclic) bond motifs is 1. The normalized spacial score (nSPS) is 14.8. The highest BCUT2D eigenvalue weighted by Gasteiger charge is 2.35. The number of carbonyl (C=O) groups is 2. The molecule has 0 saturated heterocycles. The van der Waals surface area contributed by atoms with Crippen LogP contribution < -0.4 is 0 Å². The van der Waals surface area contributed by atoms with E-state index in [1.165, 1.54) is 5.56 Å². The van der Waals surface area contributed by atoms with Gasteiger partial charge in [-0.05, 0) is 87.4 Å². The van der Waals surface area contributed by atoms with E-state index in [1.807, 2.05) is 69.9 Å². The molecule has 0 bridgehead atoms. The third-order valence-corrected chi connectivity index (χ3v) is 6.12. The first-order valence-corrected chi connectivity index (χ1v) is 11.3. The van der Waals surface area contributed by atoms with E-state index in [1.54, 1.807) is 6.92 Å². The third-order valence-electron chi connectivity index (χ3n) is 6.12. The summed E-state index contributed by atoms with van der Waals surface area (Å²) >= 11 is 0. The summed E-state index contributed by atoms with van der Waals surface area (Å²) in [4.78, 5) is 27.9. The lowest BCUT2D eigenvalue weighted by atomic mass is 9.82. The number of benzene rings is 2. The predicted octanol–water partition coefficient (Wildman–Crippen LogP) is 5.12. The van der Waals surface area contributed by atoms with E-state index in [9.17, 15) is 9.59 Å². The highest BCUT2D eigenvalue weighted by Crippen LogP contribution is 2.38. The van der Waals surface area contributed by atoms with Gasteiger partial charge in [0.25, 0.3) is 0 Å². The fourth-order valence-corrected chi connectivity index (χ4v) is 4.46. The van der Waals surface area contributed by atoms with E-state index in [-0.39, 0.29) is 18.5 Å². The van der Waals surface area contributed by atoms with Gasteiger partial charge in [0.1, 0.15) is 0 Å². The Labute approximate surface area is 191 Å². The van der Waals surface area contributed by atoms with E-state index in [4.69, 9.17) is 9.47 Å². The maximum absolute atomic E-state index is 13.1. The van der Waals surface area contributed by atoms with Crippen LogP contribution in [-0.2, 0) is 38.6 Å². The van der Waals surface area contributed by atoms with E-state index in [2.05, 4.69) is 6.92 Å². The SMILES string of the molecule is CCOC(=O)[C@@H](OC(C)(C)C)c1c(C)c(C)c2c(c1C)CC(=O)N(Cc1ccccc1)C2. The molecule has 5 nitrogen and oxygen atoms in total. The van der Waals surface area contributed by atoms with Crippen LogP contribution in [0.1, 0.15) is 72.7 Å². The molecule has 0 aliphatic carbocycles. The van der Waals surface area contributed by atoms with Crippen molar-refractivity contribution >= 4 is 11.9 Å². The van der Waals surface area contributed by atoms with Crippen molar-refractivity contribution in [1.82, 2.24) is 4.90 Å². The molecule has 32 heavy (non-hydrogen) atoms. The minimum Gasteiger partial charge on any atom is -0.464 e. The van der Waals surface area contributed by atoms with Gasteiger partial charge in [0.15, 0.2) is 6.10 Å². The van der Waals surface area contributed by atoms with Gasteiger partial charge < -0.3 is 14.4 Å². The molecule has 0 N–H and O–H groups in total. The molecule has 172 valence electrons. The Kier molecular flexibility index (Phi) is 7.09. The monoisotopic (exact) mass is 437 g/mol. The van der Waals surface area contributed by atoms with Gasteiger partial charge in [-0.1, -0.05) is 30.3 Å². The Morgan fingerprint density at radius 1 is 1.03 bits per heavy atom. The Morgan fingerprint density at radius 2 is 1.69 bits per heavy atom. The zero-order valence-corrected chi connectivity index (χ0v) is 20.4. The van der Waals surface area contributed by atoms with E-state index in [0.717, 1.165) is 33.4 Å². The lowest BCUT2D eigenvalue weighted by Crippen LogP contribution is -2.37. The molecule has 0 radical (unpaired) electrons. The summed E-state index contributed by atoms with van der Waals surface area (Å²) in [5.74, 6) is -0.288. The van der Waals surface area contributed by atoms with Gasteiger partial charge in [-0.2, -0.15) is 0 Å². The van der Waals surface area contributed by atoms with Crippen molar-refractivity contribution in [3.63, 3.8) is 0 Å². The number of rotatable bonds is 6. The Bertz CT molecular complexity index is 1000. The summed E-state index contributed by atoms with van der Waals surface area (Å²) in [6.07, 6.45) is -0.496. The zero-order chi connectivity index (χ0) is 23.6. The van der Waals surface area contributed by atoms with Crippen LogP contribution in [0.3, 0.4) is 0 Å². The van der Waals surface area contributed by atoms with Crippen LogP contribution in [-0.4, -0.2) is 29.0 Å². The Morgan fingerprint density at radius 3 is 2.28 bits per heavy atom. The van der Waals surface area contributed by atoms with E-state index in [0.29, 0.717) is 19.5 Å². The van der Waals surface area contributed by atoms with Crippen molar-refractivity contribution in [1.29, 1.82) is 0 Å². The molecular weight excluding hydrogens is 402 g/mol. The molecule has 1 atom stereocenters. The minimum atomic E-state index is -0.823. The predicted molar refractivity (Wildman–Crippen MR) is 125 cm³/mol. The van der Waals surface area contributed by atoms with Crippen LogP contribution in [0.25, 0.3) is 0 Å². The molecule has 5 heteroatoms.